The van der Waals surface area contributed by atoms with Crippen molar-refractivity contribution in [3.05, 3.63) is 64.9 Å². The number of nitrogens with zero attached hydrogens (tertiary/aromatic N) is 2. The fourth-order valence-electron chi connectivity index (χ4n) is 6.70. The number of aliphatic imine (C=N–C) groups is 1. The van der Waals surface area contributed by atoms with Crippen LogP contribution in [0.1, 0.15) is 51.5 Å². The molecular weight excluding hydrogens is 596 g/mol. The Bertz CT molecular complexity index is 1560. The van der Waals surface area contributed by atoms with Crippen molar-refractivity contribution in [3.63, 3.8) is 0 Å². The highest BCUT2D eigenvalue weighted by molar-refractivity contribution is 7.89. The number of benzene rings is 2. The molecule has 0 saturated heterocycles. The summed E-state index contributed by atoms with van der Waals surface area (Å²) in [6.45, 7) is 3.01. The van der Waals surface area contributed by atoms with Crippen LogP contribution in [0.15, 0.2) is 58.4 Å². The number of nitrogens with one attached hydrogen (secondary N) is 2. The molecule has 0 aromatic heterocycles. The number of rotatable bonds is 9. The van der Waals surface area contributed by atoms with E-state index in [0.29, 0.717) is 30.7 Å². The first-order valence-electron chi connectivity index (χ1n) is 13.8. The molecule has 0 radical (unpaired) electrons. The van der Waals surface area contributed by atoms with Crippen molar-refractivity contribution in [3.8, 4) is 0 Å². The molecule has 7 nitrogen and oxygen atoms in total. The number of amidine groups is 1. The fourth-order valence-corrected chi connectivity index (χ4v) is 8.59. The number of carbonyl (C=O) groups is 1. The van der Waals surface area contributed by atoms with E-state index in [0.717, 1.165) is 0 Å². The van der Waals surface area contributed by atoms with Gasteiger partial charge in [-0.05, 0) is 75.8 Å². The maximum Gasteiger partial charge on any atom is 0.396 e. The van der Waals surface area contributed by atoms with Gasteiger partial charge in [-0.3, -0.25) is 9.79 Å². The Kier molecular flexibility index (Phi) is 6.57. The van der Waals surface area contributed by atoms with Gasteiger partial charge in [0.1, 0.15) is 11.7 Å². The van der Waals surface area contributed by atoms with Crippen LogP contribution in [0.25, 0.3) is 0 Å². The number of carbonyl (C=O) groups excluding carboxylic acids is 1. The van der Waals surface area contributed by atoms with Crippen LogP contribution in [0.2, 0.25) is 5.02 Å². The van der Waals surface area contributed by atoms with Gasteiger partial charge in [0, 0.05) is 24.0 Å². The Morgan fingerprint density at radius 2 is 1.76 bits per heavy atom. The Hall–Kier alpha value is -2.70. The van der Waals surface area contributed by atoms with Crippen molar-refractivity contribution in [2.45, 2.75) is 80.7 Å². The monoisotopic (exact) mass is 626 g/mol. The van der Waals surface area contributed by atoms with Gasteiger partial charge in [0.05, 0.1) is 20.9 Å². The molecule has 1 heterocycles. The molecule has 226 valence electrons. The molecule has 4 fully saturated rings. The summed E-state index contributed by atoms with van der Waals surface area (Å²) in [4.78, 5) is 17.8. The largest absolute Gasteiger partial charge is 0.396 e. The Balaban J connectivity index is 1.21. The van der Waals surface area contributed by atoms with Gasteiger partial charge >= 0.3 is 6.18 Å². The number of hydrogen-bond acceptors (Lipinski definition) is 5. The smallest absolute Gasteiger partial charge is 0.366 e. The second kappa shape index (κ2) is 9.40. The lowest BCUT2D eigenvalue weighted by atomic mass is 9.38. The molecule has 0 unspecified atom stereocenters. The Morgan fingerprint density at radius 3 is 2.33 bits per heavy atom. The molecule has 42 heavy (non-hydrogen) atoms. The van der Waals surface area contributed by atoms with E-state index in [9.17, 15) is 30.8 Å². The molecule has 1 aliphatic heterocycles. The first-order valence-corrected chi connectivity index (χ1v) is 15.6. The van der Waals surface area contributed by atoms with E-state index in [-0.39, 0.29) is 29.3 Å². The highest BCUT2D eigenvalue weighted by atomic mass is 35.5. The van der Waals surface area contributed by atoms with Gasteiger partial charge in [0.2, 0.25) is 15.9 Å². The molecular formula is C29H31ClF4N4O3S. The average molecular weight is 627 g/mol. The lowest BCUT2D eigenvalue weighted by molar-refractivity contribution is -0.185. The molecule has 1 amide bonds. The van der Waals surface area contributed by atoms with Crippen molar-refractivity contribution in [1.29, 1.82) is 0 Å². The van der Waals surface area contributed by atoms with Gasteiger partial charge in [-0.2, -0.15) is 17.5 Å². The minimum Gasteiger partial charge on any atom is -0.366 e. The summed E-state index contributed by atoms with van der Waals surface area (Å²) in [5.74, 6) is -0.641. The number of sulfonamides is 1. The van der Waals surface area contributed by atoms with E-state index >= 15 is 0 Å². The zero-order valence-corrected chi connectivity index (χ0v) is 24.6. The standard InChI is InChI=1S/C29H31ClF4N4O3S/c1-25(2)22(23(39)35-17-27(10-11-27)29(32,33)34)36-24(37-25)26-14-28(15-26,16-26)38(13-18-8-9-20(30)21(31)12-18)42(40,41)19-6-4-3-5-7-19/h3-9,12,22H,10-11,13-17H2,1-2H3,(H,35,39)(H,36,37)/t22-,26?,28?/m0/s1. The highest BCUT2D eigenvalue weighted by Crippen LogP contribution is 2.71. The van der Waals surface area contributed by atoms with Crippen LogP contribution >= 0.6 is 11.6 Å². The van der Waals surface area contributed by atoms with Crippen LogP contribution in [0.3, 0.4) is 0 Å². The summed E-state index contributed by atoms with van der Waals surface area (Å²) in [6, 6.07) is 11.3. The van der Waals surface area contributed by atoms with Crippen LogP contribution in [-0.4, -0.2) is 54.3 Å². The van der Waals surface area contributed by atoms with Crippen LogP contribution in [-0.2, 0) is 21.4 Å². The zero-order chi connectivity index (χ0) is 30.3. The van der Waals surface area contributed by atoms with Crippen LogP contribution < -0.4 is 10.6 Å². The number of alkyl halides is 3. The minimum atomic E-state index is -4.37. The van der Waals surface area contributed by atoms with E-state index < -0.39 is 62.4 Å². The van der Waals surface area contributed by atoms with Crippen LogP contribution in [0, 0.1) is 16.6 Å². The maximum absolute atomic E-state index is 14.3. The van der Waals surface area contributed by atoms with Crippen LogP contribution in [0.4, 0.5) is 17.6 Å². The maximum atomic E-state index is 14.3. The highest BCUT2D eigenvalue weighted by Gasteiger charge is 2.75. The Labute approximate surface area is 246 Å². The third kappa shape index (κ3) is 4.61. The van der Waals surface area contributed by atoms with Crippen molar-refractivity contribution in [2.75, 3.05) is 6.54 Å². The molecule has 1 atom stereocenters. The van der Waals surface area contributed by atoms with Gasteiger partial charge in [0.25, 0.3) is 0 Å². The molecule has 2 bridgehead atoms. The van der Waals surface area contributed by atoms with E-state index in [4.69, 9.17) is 11.6 Å². The first kappa shape index (κ1) is 29.4. The third-order valence-electron chi connectivity index (χ3n) is 9.36. The summed E-state index contributed by atoms with van der Waals surface area (Å²) in [5.41, 5.74) is -3.45. The summed E-state index contributed by atoms with van der Waals surface area (Å²) in [7, 11) is -3.97. The van der Waals surface area contributed by atoms with Crippen LogP contribution in [0.5, 0.6) is 0 Å². The molecule has 5 aliphatic rings. The Morgan fingerprint density at radius 1 is 1.12 bits per heavy atom. The van der Waals surface area contributed by atoms with Gasteiger partial charge < -0.3 is 10.6 Å². The zero-order valence-electron chi connectivity index (χ0n) is 23.1. The molecule has 13 heteroatoms. The molecule has 4 saturated carbocycles. The predicted octanol–water partition coefficient (Wildman–Crippen LogP) is 5.20. The van der Waals surface area contributed by atoms with E-state index in [1.807, 2.05) is 0 Å². The van der Waals surface area contributed by atoms with Crippen molar-refractivity contribution >= 4 is 33.4 Å². The predicted molar refractivity (Wildman–Crippen MR) is 149 cm³/mol. The third-order valence-corrected chi connectivity index (χ3v) is 11.6. The summed E-state index contributed by atoms with van der Waals surface area (Å²) >= 11 is 5.85. The van der Waals surface area contributed by atoms with E-state index in [1.54, 1.807) is 38.1 Å². The topological polar surface area (TPSA) is 90.9 Å². The summed E-state index contributed by atoms with van der Waals surface area (Å²) in [5, 5.41) is 5.73. The molecule has 4 aliphatic carbocycles. The quantitative estimate of drug-likeness (QED) is 0.375. The van der Waals surface area contributed by atoms with E-state index in [1.165, 1.54) is 28.6 Å². The molecule has 2 aromatic rings. The molecule has 7 rings (SSSR count). The van der Waals surface area contributed by atoms with Gasteiger partial charge in [0.15, 0.2) is 6.04 Å². The fraction of sp³-hybridized carbons (Fsp3) is 0.517. The summed E-state index contributed by atoms with van der Waals surface area (Å²) in [6.07, 6.45) is -3.07. The molecule has 2 aromatic carbocycles. The first-order chi connectivity index (χ1) is 19.5. The second-order valence-corrected chi connectivity index (χ2v) is 15.1. The minimum absolute atomic E-state index is 0.00610. The number of hydrogen-bond donors (Lipinski definition) is 2. The van der Waals surface area contributed by atoms with Crippen molar-refractivity contribution in [1.82, 2.24) is 14.9 Å². The van der Waals surface area contributed by atoms with Gasteiger partial charge in [-0.1, -0.05) is 35.9 Å². The SMILES string of the molecule is CC1(C)NC(C23CC(N(Cc4ccc(Cl)c(F)c4)S(=O)(=O)c4ccccc4)(C2)C3)=N[C@H]1C(=O)NCC1(C(F)(F)F)CC1. The number of amides is 1. The van der Waals surface area contributed by atoms with Crippen molar-refractivity contribution < 1.29 is 30.8 Å². The summed E-state index contributed by atoms with van der Waals surface area (Å²) < 4.78 is 83.5. The van der Waals surface area contributed by atoms with Gasteiger partial charge in [-0.25, -0.2) is 12.8 Å². The van der Waals surface area contributed by atoms with E-state index in [2.05, 4.69) is 15.6 Å². The van der Waals surface area contributed by atoms with Crippen molar-refractivity contribution in [2.24, 2.45) is 15.8 Å². The normalized spacial score (nSPS) is 28.8. The lowest BCUT2D eigenvalue weighted by Gasteiger charge is -2.73. The molecule has 2 N–H and O–H groups in total. The number of halogens is 5. The second-order valence-electron chi connectivity index (χ2n) is 12.8. The lowest BCUT2D eigenvalue weighted by Crippen LogP contribution is -2.78. The molecule has 0 spiro atoms. The van der Waals surface area contributed by atoms with Gasteiger partial charge in [-0.15, -0.1) is 0 Å². The average Bonchev–Trinajstić information content (AvgIpc) is 3.61.